The molecule has 0 spiro atoms. The number of nitrogens with one attached hydrogen (secondary N) is 4. The van der Waals surface area contributed by atoms with Crippen molar-refractivity contribution in [3.63, 3.8) is 0 Å². The average Bonchev–Trinajstić information content (AvgIpc) is 2.78. The van der Waals surface area contributed by atoms with Crippen molar-refractivity contribution in [2.24, 2.45) is 0 Å². The lowest BCUT2D eigenvalue weighted by molar-refractivity contribution is -0.137. The first-order valence-corrected chi connectivity index (χ1v) is 10.6. The van der Waals surface area contributed by atoms with Gasteiger partial charge in [-0.2, -0.15) is 13.2 Å². The smallest absolute Gasteiger partial charge is 0.370 e. The van der Waals surface area contributed by atoms with Gasteiger partial charge in [-0.05, 0) is 51.1 Å². The minimum atomic E-state index is -4.55. The molecule has 0 atom stereocenters. The van der Waals surface area contributed by atoms with Crippen molar-refractivity contribution in [1.29, 1.82) is 5.41 Å². The molecule has 1 amide bonds. The lowest BCUT2D eigenvalue weighted by Crippen LogP contribution is -2.19. The van der Waals surface area contributed by atoms with E-state index < -0.39 is 17.6 Å². The largest absolute Gasteiger partial charge is 0.416 e. The molecule has 4 N–H and O–H groups in total. The van der Waals surface area contributed by atoms with Crippen LogP contribution in [0, 0.1) is 5.41 Å². The molecule has 0 radical (unpaired) electrons. The van der Waals surface area contributed by atoms with Crippen LogP contribution in [0.15, 0.2) is 54.9 Å². The second-order valence-electron chi connectivity index (χ2n) is 7.76. The van der Waals surface area contributed by atoms with E-state index in [1.165, 1.54) is 18.5 Å². The van der Waals surface area contributed by atoms with Crippen LogP contribution in [0.1, 0.15) is 47.8 Å². The highest BCUT2D eigenvalue weighted by molar-refractivity contribution is 6.17. The predicted octanol–water partition coefficient (Wildman–Crippen LogP) is 5.42. The maximum absolute atomic E-state index is 13.0. The topological polar surface area (TPSA) is 103 Å². The Kier molecular flexibility index (Phi) is 7.50. The van der Waals surface area contributed by atoms with Gasteiger partial charge in [0, 0.05) is 29.4 Å². The lowest BCUT2D eigenvalue weighted by Gasteiger charge is -2.18. The summed E-state index contributed by atoms with van der Waals surface area (Å²) in [7, 11) is 0. The average molecular weight is 470 g/mol. The highest BCUT2D eigenvalue weighted by Crippen LogP contribution is 2.30. The summed E-state index contributed by atoms with van der Waals surface area (Å²) < 4.78 is 39.0. The van der Waals surface area contributed by atoms with Crippen LogP contribution in [0.3, 0.4) is 0 Å². The number of alkyl halides is 3. The zero-order valence-electron chi connectivity index (χ0n) is 18.9. The zero-order chi connectivity index (χ0) is 24.9. The molecule has 0 saturated heterocycles. The molecule has 7 nitrogen and oxygen atoms in total. The Balaban J connectivity index is 1.90. The molecule has 0 fully saturated rings. The van der Waals surface area contributed by atoms with E-state index in [1.54, 1.807) is 24.3 Å². The monoisotopic (exact) mass is 470 g/mol. The van der Waals surface area contributed by atoms with E-state index in [4.69, 9.17) is 5.41 Å². The zero-order valence-corrected chi connectivity index (χ0v) is 18.9. The van der Waals surface area contributed by atoms with Gasteiger partial charge >= 0.3 is 6.18 Å². The van der Waals surface area contributed by atoms with E-state index in [9.17, 15) is 18.0 Å². The van der Waals surface area contributed by atoms with Crippen molar-refractivity contribution < 1.29 is 18.0 Å². The van der Waals surface area contributed by atoms with Crippen molar-refractivity contribution in [3.05, 3.63) is 77.1 Å². The maximum Gasteiger partial charge on any atom is 0.416 e. The van der Waals surface area contributed by atoms with Crippen LogP contribution in [0.2, 0.25) is 0 Å². The van der Waals surface area contributed by atoms with E-state index in [0.29, 0.717) is 35.0 Å². The Bertz CT molecular complexity index is 1190. The van der Waals surface area contributed by atoms with Gasteiger partial charge in [-0.15, -0.1) is 0 Å². The summed E-state index contributed by atoms with van der Waals surface area (Å²) in [5.74, 6) is 0.293. The number of hydrogen-bond donors (Lipinski definition) is 4. The number of carbonyl (C=O) groups excluding carboxylic acids is 1. The van der Waals surface area contributed by atoms with Crippen LogP contribution in [0.4, 0.5) is 30.5 Å². The van der Waals surface area contributed by atoms with E-state index in [0.717, 1.165) is 12.1 Å². The number of benzene rings is 2. The van der Waals surface area contributed by atoms with Crippen molar-refractivity contribution in [1.82, 2.24) is 9.97 Å². The third-order valence-electron chi connectivity index (χ3n) is 4.73. The Morgan fingerprint density at radius 1 is 1.03 bits per heavy atom. The molecule has 1 aromatic heterocycles. The van der Waals surface area contributed by atoms with Crippen LogP contribution in [0.25, 0.3) is 0 Å². The van der Waals surface area contributed by atoms with Crippen LogP contribution in [-0.2, 0) is 6.18 Å². The molecule has 34 heavy (non-hydrogen) atoms. The fourth-order valence-corrected chi connectivity index (χ4v) is 3.24. The molecule has 0 unspecified atom stereocenters. The molecule has 10 heteroatoms. The van der Waals surface area contributed by atoms with Gasteiger partial charge in [0.2, 0.25) is 0 Å². The quantitative estimate of drug-likeness (QED) is 0.330. The first kappa shape index (κ1) is 24.7. The number of rotatable bonds is 8. The molecular formula is C24H25F3N6O. The maximum atomic E-state index is 13.0. The molecule has 0 saturated carbocycles. The number of amides is 1. The second kappa shape index (κ2) is 10.3. The highest BCUT2D eigenvalue weighted by Gasteiger charge is 2.31. The van der Waals surface area contributed by atoms with E-state index in [1.807, 2.05) is 20.8 Å². The van der Waals surface area contributed by atoms with Gasteiger partial charge in [-0.1, -0.05) is 18.2 Å². The minimum Gasteiger partial charge on any atom is -0.370 e. The van der Waals surface area contributed by atoms with E-state index in [-0.39, 0.29) is 17.3 Å². The minimum absolute atomic E-state index is 0.0639. The molecule has 3 aromatic rings. The molecule has 2 aromatic carbocycles. The van der Waals surface area contributed by atoms with Crippen molar-refractivity contribution in [3.8, 4) is 0 Å². The van der Waals surface area contributed by atoms with Gasteiger partial charge < -0.3 is 16.0 Å². The second-order valence-corrected chi connectivity index (χ2v) is 7.76. The Labute approximate surface area is 195 Å². The molecule has 178 valence electrons. The standard InChI is InChI=1S/C24H25F3N6O/c1-4-29-21-19(22(31-13-30-21)32-14(2)3)20(28)15-7-6-10-18(12-15)33-23(34)16-8-5-9-17(11-16)24(25,26)27/h5-14,28H,4H2,1-3H3,(H,33,34)(H2,29,30,31,32). The van der Waals surface area contributed by atoms with Gasteiger partial charge in [0.25, 0.3) is 5.91 Å². The Hall–Kier alpha value is -3.95. The van der Waals surface area contributed by atoms with Crippen molar-refractivity contribution in [2.45, 2.75) is 33.0 Å². The van der Waals surface area contributed by atoms with E-state index >= 15 is 0 Å². The van der Waals surface area contributed by atoms with Gasteiger partial charge in [0.15, 0.2) is 0 Å². The summed E-state index contributed by atoms with van der Waals surface area (Å²) in [5.41, 5.74) is 0.382. The number of nitrogens with zero attached hydrogens (tertiary/aromatic N) is 2. The molecule has 0 aliphatic rings. The summed E-state index contributed by atoms with van der Waals surface area (Å²) in [6, 6.07) is 10.8. The summed E-state index contributed by atoms with van der Waals surface area (Å²) >= 11 is 0. The molecule has 1 heterocycles. The fourth-order valence-electron chi connectivity index (χ4n) is 3.24. The first-order chi connectivity index (χ1) is 16.1. The number of anilines is 3. The molecule has 0 bridgehead atoms. The Morgan fingerprint density at radius 3 is 2.38 bits per heavy atom. The molecule has 0 aliphatic carbocycles. The summed E-state index contributed by atoms with van der Waals surface area (Å²) in [6.07, 6.45) is -3.14. The van der Waals surface area contributed by atoms with Gasteiger partial charge in [-0.25, -0.2) is 9.97 Å². The highest BCUT2D eigenvalue weighted by atomic mass is 19.4. The SMILES string of the molecule is CCNc1ncnc(NC(C)C)c1C(=N)c1cccc(NC(=O)c2cccc(C(F)(F)F)c2)c1. The molecule has 0 aliphatic heterocycles. The Morgan fingerprint density at radius 2 is 1.71 bits per heavy atom. The number of carbonyl (C=O) groups is 1. The predicted molar refractivity (Wildman–Crippen MR) is 127 cm³/mol. The van der Waals surface area contributed by atoms with Crippen LogP contribution in [0.5, 0.6) is 0 Å². The summed E-state index contributed by atoms with van der Waals surface area (Å²) in [4.78, 5) is 21.1. The van der Waals surface area contributed by atoms with Crippen molar-refractivity contribution >= 4 is 28.9 Å². The summed E-state index contributed by atoms with van der Waals surface area (Å²) in [6.45, 7) is 6.40. The van der Waals surface area contributed by atoms with Gasteiger partial charge in [0.05, 0.1) is 16.8 Å². The number of hydrogen-bond acceptors (Lipinski definition) is 6. The van der Waals surface area contributed by atoms with Crippen LogP contribution < -0.4 is 16.0 Å². The van der Waals surface area contributed by atoms with Gasteiger partial charge in [-0.3, -0.25) is 10.2 Å². The number of halogens is 3. The normalized spacial score (nSPS) is 11.3. The van der Waals surface area contributed by atoms with Crippen LogP contribution in [-0.4, -0.2) is 34.2 Å². The number of aromatic nitrogens is 2. The van der Waals surface area contributed by atoms with E-state index in [2.05, 4.69) is 25.9 Å². The molecular weight excluding hydrogens is 445 g/mol. The van der Waals surface area contributed by atoms with Crippen LogP contribution >= 0.6 is 0 Å². The summed E-state index contributed by atoms with van der Waals surface area (Å²) in [5, 5.41) is 17.8. The molecule has 3 rings (SSSR count). The fraction of sp³-hybridized carbons (Fsp3) is 0.250. The lowest BCUT2D eigenvalue weighted by atomic mass is 10.0. The van der Waals surface area contributed by atoms with Gasteiger partial charge in [0.1, 0.15) is 18.0 Å². The van der Waals surface area contributed by atoms with Crippen molar-refractivity contribution in [2.75, 3.05) is 22.5 Å². The first-order valence-electron chi connectivity index (χ1n) is 10.6. The third kappa shape index (κ3) is 5.89. The third-order valence-corrected chi connectivity index (χ3v) is 4.73.